The fraction of sp³-hybridized carbons (Fsp3) is 0.250. The second-order valence-electron chi connectivity index (χ2n) is 7.32. The predicted molar refractivity (Wildman–Crippen MR) is 120 cm³/mol. The molecule has 1 heterocycles. The normalized spacial score (nSPS) is 26.0. The van der Waals surface area contributed by atoms with E-state index in [1.54, 1.807) is 12.1 Å². The predicted octanol–water partition coefficient (Wildman–Crippen LogP) is 0.623. The number of benzene rings is 3. The largest absolute Gasteiger partial charge is 0.462 e. The number of hydrogen-bond donors (Lipinski definition) is 4. The zero-order chi connectivity index (χ0) is 21.8. The van der Waals surface area contributed by atoms with E-state index in [2.05, 4.69) is 24.3 Å². The van der Waals surface area contributed by atoms with Crippen LogP contribution in [0, 0.1) is 0 Å². The van der Waals surface area contributed by atoms with Crippen molar-refractivity contribution in [3.63, 3.8) is 0 Å². The third kappa shape index (κ3) is 4.80. The number of hydrogen-bond acceptors (Lipinski definition) is 6. The molecule has 1 aliphatic heterocycles. The van der Waals surface area contributed by atoms with Gasteiger partial charge in [0.15, 0.2) is 0 Å². The van der Waals surface area contributed by atoms with Gasteiger partial charge < -0.3 is 29.9 Å². The fourth-order valence-corrected chi connectivity index (χ4v) is 5.86. The van der Waals surface area contributed by atoms with Crippen molar-refractivity contribution in [3.8, 4) is 5.75 Å². The number of aliphatic hydroxyl groups is 4. The highest BCUT2D eigenvalue weighted by molar-refractivity contribution is 7.79. The van der Waals surface area contributed by atoms with Gasteiger partial charge in [0.2, 0.25) is 6.29 Å². The molecular formula is C24H25O6P. The summed E-state index contributed by atoms with van der Waals surface area (Å²) in [5.74, 6) is 0.448. The molecule has 0 radical (unpaired) electrons. The Morgan fingerprint density at radius 3 is 1.71 bits per heavy atom. The monoisotopic (exact) mass is 440 g/mol. The van der Waals surface area contributed by atoms with E-state index in [9.17, 15) is 20.4 Å². The van der Waals surface area contributed by atoms with Crippen LogP contribution in [0.4, 0.5) is 0 Å². The molecule has 0 bridgehead atoms. The van der Waals surface area contributed by atoms with Crippen LogP contribution in [0.5, 0.6) is 5.75 Å². The van der Waals surface area contributed by atoms with Crippen LogP contribution in [0.25, 0.3) is 0 Å². The van der Waals surface area contributed by atoms with Crippen molar-refractivity contribution in [2.24, 2.45) is 0 Å². The van der Waals surface area contributed by atoms with E-state index in [4.69, 9.17) is 9.47 Å². The summed E-state index contributed by atoms with van der Waals surface area (Å²) >= 11 is 0. The van der Waals surface area contributed by atoms with Gasteiger partial charge in [-0.25, -0.2) is 0 Å². The van der Waals surface area contributed by atoms with Gasteiger partial charge >= 0.3 is 0 Å². The summed E-state index contributed by atoms with van der Waals surface area (Å²) in [7, 11) is -0.752. The SMILES string of the molecule is OC[C@H]1O[C@@H](Oc2ccc(P(c3ccccc3)c3ccccc3)cc2)[C@H](O)[C@@H](O)[C@@H]1O. The average molecular weight is 440 g/mol. The number of rotatable bonds is 6. The van der Waals surface area contributed by atoms with Crippen molar-refractivity contribution in [2.45, 2.75) is 30.7 Å². The van der Waals surface area contributed by atoms with E-state index in [1.807, 2.05) is 48.5 Å². The third-order valence-electron chi connectivity index (χ3n) is 5.22. The third-order valence-corrected chi connectivity index (χ3v) is 7.67. The summed E-state index contributed by atoms with van der Waals surface area (Å²) in [6.07, 6.45) is -6.54. The summed E-state index contributed by atoms with van der Waals surface area (Å²) in [5.41, 5.74) is 0. The molecule has 0 unspecified atom stereocenters. The minimum atomic E-state index is -1.47. The van der Waals surface area contributed by atoms with Gasteiger partial charge in [0.05, 0.1) is 6.61 Å². The van der Waals surface area contributed by atoms with Gasteiger partial charge in [-0.05, 0) is 36.0 Å². The first-order valence-corrected chi connectivity index (χ1v) is 11.4. The van der Waals surface area contributed by atoms with Crippen molar-refractivity contribution in [3.05, 3.63) is 84.9 Å². The van der Waals surface area contributed by atoms with Gasteiger partial charge in [0, 0.05) is 0 Å². The average Bonchev–Trinajstić information content (AvgIpc) is 2.82. The van der Waals surface area contributed by atoms with Gasteiger partial charge in [-0.1, -0.05) is 72.8 Å². The smallest absolute Gasteiger partial charge is 0.229 e. The molecule has 0 spiro atoms. The summed E-state index contributed by atoms with van der Waals surface area (Å²) in [5, 5.41) is 43.0. The standard InChI is InChI=1S/C24H25O6P/c25-15-20-21(26)22(27)23(28)24(30-20)29-16-11-13-19(14-12-16)31(17-7-3-1-4-8-17)18-9-5-2-6-10-18/h1-14,20-28H,15H2/t20-,21-,22+,23-,24-/m1/s1. The Bertz CT molecular complexity index is 911. The van der Waals surface area contributed by atoms with Crippen molar-refractivity contribution < 1.29 is 29.9 Å². The molecule has 4 rings (SSSR count). The lowest BCUT2D eigenvalue weighted by molar-refractivity contribution is -0.277. The minimum Gasteiger partial charge on any atom is -0.462 e. The van der Waals surface area contributed by atoms with E-state index < -0.39 is 45.2 Å². The zero-order valence-corrected chi connectivity index (χ0v) is 17.6. The molecular weight excluding hydrogens is 415 g/mol. The van der Waals surface area contributed by atoms with Gasteiger partial charge in [-0.3, -0.25) is 0 Å². The minimum absolute atomic E-state index is 0.448. The highest BCUT2D eigenvalue weighted by Gasteiger charge is 2.44. The molecule has 0 amide bonds. The maximum absolute atomic E-state index is 10.2. The lowest BCUT2D eigenvalue weighted by atomic mass is 9.99. The highest BCUT2D eigenvalue weighted by Crippen LogP contribution is 2.33. The Kier molecular flexibility index (Phi) is 6.98. The Labute approximate surface area is 182 Å². The molecule has 0 aliphatic carbocycles. The van der Waals surface area contributed by atoms with Crippen LogP contribution in [-0.2, 0) is 4.74 Å². The molecule has 3 aromatic rings. The molecule has 0 aromatic heterocycles. The molecule has 5 atom stereocenters. The zero-order valence-electron chi connectivity index (χ0n) is 16.7. The summed E-state index contributed by atoms with van der Waals surface area (Å²) in [4.78, 5) is 0. The Balaban J connectivity index is 1.56. The van der Waals surface area contributed by atoms with Crippen molar-refractivity contribution >= 4 is 23.8 Å². The molecule has 1 aliphatic rings. The van der Waals surface area contributed by atoms with Crippen LogP contribution in [0.1, 0.15) is 0 Å². The van der Waals surface area contributed by atoms with E-state index >= 15 is 0 Å². The molecule has 6 nitrogen and oxygen atoms in total. The van der Waals surface area contributed by atoms with E-state index in [-0.39, 0.29) is 0 Å². The van der Waals surface area contributed by atoms with Crippen molar-refractivity contribution in [1.82, 2.24) is 0 Å². The first kappa shape index (κ1) is 21.9. The number of ether oxygens (including phenoxy) is 2. The quantitative estimate of drug-likeness (QED) is 0.420. The maximum Gasteiger partial charge on any atom is 0.229 e. The lowest BCUT2D eigenvalue weighted by Crippen LogP contribution is -2.60. The van der Waals surface area contributed by atoms with Crippen LogP contribution >= 0.6 is 7.92 Å². The molecule has 162 valence electrons. The molecule has 31 heavy (non-hydrogen) atoms. The second kappa shape index (κ2) is 9.88. The Hall–Kier alpha value is -2.31. The van der Waals surface area contributed by atoms with Crippen molar-refractivity contribution in [1.29, 1.82) is 0 Å². The molecule has 3 aromatic carbocycles. The topological polar surface area (TPSA) is 99.4 Å². The van der Waals surface area contributed by atoms with Gasteiger partial charge in [0.25, 0.3) is 0 Å². The Morgan fingerprint density at radius 2 is 1.19 bits per heavy atom. The first-order chi connectivity index (χ1) is 15.1. The lowest BCUT2D eigenvalue weighted by Gasteiger charge is -2.39. The number of aliphatic hydroxyl groups excluding tert-OH is 4. The van der Waals surface area contributed by atoms with Crippen LogP contribution in [-0.4, -0.2) is 57.7 Å². The van der Waals surface area contributed by atoms with Crippen LogP contribution in [0.3, 0.4) is 0 Å². The van der Waals surface area contributed by atoms with E-state index in [0.717, 1.165) is 5.30 Å². The van der Waals surface area contributed by atoms with Gasteiger partial charge in [-0.15, -0.1) is 0 Å². The summed E-state index contributed by atoms with van der Waals surface area (Å²) in [6, 6.07) is 28.1. The van der Waals surface area contributed by atoms with Crippen LogP contribution < -0.4 is 20.7 Å². The van der Waals surface area contributed by atoms with Crippen LogP contribution in [0.2, 0.25) is 0 Å². The molecule has 1 saturated heterocycles. The molecule has 0 saturated carbocycles. The van der Waals surface area contributed by atoms with E-state index in [0.29, 0.717) is 5.75 Å². The van der Waals surface area contributed by atoms with E-state index in [1.165, 1.54) is 10.6 Å². The first-order valence-electron chi connectivity index (χ1n) is 10.1. The molecule has 7 heteroatoms. The summed E-state index contributed by atoms with van der Waals surface area (Å²) < 4.78 is 11.1. The molecule has 4 N–H and O–H groups in total. The molecule has 1 fully saturated rings. The second-order valence-corrected chi connectivity index (χ2v) is 9.54. The van der Waals surface area contributed by atoms with Gasteiger partial charge in [-0.2, -0.15) is 0 Å². The van der Waals surface area contributed by atoms with Crippen molar-refractivity contribution in [2.75, 3.05) is 6.61 Å². The Morgan fingerprint density at radius 1 is 0.677 bits per heavy atom. The van der Waals surface area contributed by atoms with Gasteiger partial charge in [0.1, 0.15) is 30.2 Å². The fourth-order valence-electron chi connectivity index (χ4n) is 3.57. The van der Waals surface area contributed by atoms with Crippen LogP contribution in [0.15, 0.2) is 84.9 Å². The highest BCUT2D eigenvalue weighted by atomic mass is 31.1. The maximum atomic E-state index is 10.2. The summed E-state index contributed by atoms with van der Waals surface area (Å²) in [6.45, 7) is -0.498.